The Morgan fingerprint density at radius 3 is 2.53 bits per heavy atom. The van der Waals surface area contributed by atoms with E-state index in [9.17, 15) is 0 Å². The van der Waals surface area contributed by atoms with Crippen molar-refractivity contribution in [3.8, 4) is 0 Å². The maximum absolute atomic E-state index is 5.70. The van der Waals surface area contributed by atoms with Gasteiger partial charge >= 0.3 is 0 Å². The van der Waals surface area contributed by atoms with E-state index in [2.05, 4.69) is 37.5 Å². The fourth-order valence-electron chi connectivity index (χ4n) is 2.58. The number of hydrogen-bond donors (Lipinski definition) is 1. The minimum absolute atomic E-state index is 0.451. The predicted molar refractivity (Wildman–Crippen MR) is 62.0 cm³/mol. The third-order valence-electron chi connectivity index (χ3n) is 3.47. The average Bonchev–Trinajstić information content (AvgIpc) is 2.87. The Labute approximate surface area is 91.7 Å². The van der Waals surface area contributed by atoms with Crippen molar-refractivity contribution in [1.29, 1.82) is 0 Å². The molecule has 84 valence electrons. The molecule has 2 unspecified atom stereocenters. The lowest BCUT2D eigenvalue weighted by atomic mass is 10.1. The summed E-state index contributed by atoms with van der Waals surface area (Å²) in [5, 5.41) is 4.62. The zero-order valence-electron chi connectivity index (χ0n) is 10.1. The average molecular weight is 207 g/mol. The molecule has 0 bridgehead atoms. The Balaban J connectivity index is 2.32. The molecule has 3 heteroatoms. The van der Waals surface area contributed by atoms with Crippen molar-refractivity contribution < 1.29 is 0 Å². The first-order valence-electron chi connectivity index (χ1n) is 5.82. The fourth-order valence-corrected chi connectivity index (χ4v) is 2.58. The number of nitrogens with two attached hydrogens (primary N) is 1. The highest BCUT2D eigenvalue weighted by atomic mass is 15.3. The largest absolute Gasteiger partial charge is 0.330 e. The predicted octanol–water partition coefficient (Wildman–Crippen LogP) is 2.14. The summed E-state index contributed by atoms with van der Waals surface area (Å²) < 4.78 is 2.14. The molecule has 2 N–H and O–H groups in total. The van der Waals surface area contributed by atoms with Gasteiger partial charge in [0.15, 0.2) is 0 Å². The molecule has 1 aliphatic carbocycles. The monoisotopic (exact) mass is 207 g/mol. The van der Waals surface area contributed by atoms with Crippen molar-refractivity contribution in [3.63, 3.8) is 0 Å². The van der Waals surface area contributed by atoms with E-state index in [1.165, 1.54) is 23.4 Å². The maximum atomic E-state index is 5.70. The van der Waals surface area contributed by atoms with Gasteiger partial charge < -0.3 is 5.73 Å². The molecule has 1 saturated carbocycles. The first kappa shape index (κ1) is 10.7. The van der Waals surface area contributed by atoms with Gasteiger partial charge in [-0.3, -0.25) is 4.68 Å². The molecule has 0 aliphatic heterocycles. The summed E-state index contributed by atoms with van der Waals surface area (Å²) in [6.07, 6.45) is 1.25. The summed E-state index contributed by atoms with van der Waals surface area (Å²) in [4.78, 5) is 0. The zero-order chi connectivity index (χ0) is 11.2. The Kier molecular flexibility index (Phi) is 2.59. The van der Waals surface area contributed by atoms with E-state index in [0.29, 0.717) is 17.9 Å². The van der Waals surface area contributed by atoms with Crippen molar-refractivity contribution >= 4 is 0 Å². The number of rotatable bonds is 3. The first-order valence-corrected chi connectivity index (χ1v) is 5.82. The molecule has 0 aromatic carbocycles. The second kappa shape index (κ2) is 3.63. The van der Waals surface area contributed by atoms with Gasteiger partial charge in [0.05, 0.1) is 5.69 Å². The second-order valence-electron chi connectivity index (χ2n) is 4.96. The van der Waals surface area contributed by atoms with Crippen LogP contribution in [0.2, 0.25) is 0 Å². The molecule has 1 heterocycles. The Morgan fingerprint density at radius 2 is 2.13 bits per heavy atom. The minimum atomic E-state index is 0.451. The third kappa shape index (κ3) is 1.69. The lowest BCUT2D eigenvalue weighted by Gasteiger charge is -2.08. The Hall–Kier alpha value is -0.830. The summed E-state index contributed by atoms with van der Waals surface area (Å²) in [7, 11) is 0. The van der Waals surface area contributed by atoms with Gasteiger partial charge in [-0.05, 0) is 58.1 Å². The van der Waals surface area contributed by atoms with E-state index < -0.39 is 0 Å². The van der Waals surface area contributed by atoms with E-state index in [-0.39, 0.29) is 0 Å². The molecular formula is C12H21N3. The van der Waals surface area contributed by atoms with Crippen molar-refractivity contribution in [2.75, 3.05) is 6.54 Å². The summed E-state index contributed by atoms with van der Waals surface area (Å²) in [6.45, 7) is 9.47. The van der Waals surface area contributed by atoms with Crippen molar-refractivity contribution in [2.24, 2.45) is 11.7 Å². The van der Waals surface area contributed by atoms with Crippen LogP contribution >= 0.6 is 0 Å². The van der Waals surface area contributed by atoms with Crippen LogP contribution in [0.1, 0.15) is 49.2 Å². The van der Waals surface area contributed by atoms with Crippen LogP contribution in [-0.4, -0.2) is 16.3 Å². The highest BCUT2D eigenvalue weighted by Gasteiger charge is 2.40. The van der Waals surface area contributed by atoms with Crippen molar-refractivity contribution in [3.05, 3.63) is 17.0 Å². The number of aryl methyl sites for hydroxylation is 1. The number of hydrogen-bond acceptors (Lipinski definition) is 2. The van der Waals surface area contributed by atoms with Gasteiger partial charge in [0.25, 0.3) is 0 Å². The maximum Gasteiger partial charge on any atom is 0.0631 e. The normalized spacial score (nSPS) is 24.9. The molecule has 2 atom stereocenters. The van der Waals surface area contributed by atoms with Crippen LogP contribution in [0.3, 0.4) is 0 Å². The quantitative estimate of drug-likeness (QED) is 0.825. The number of nitrogens with zero attached hydrogens (tertiary/aromatic N) is 2. The van der Waals surface area contributed by atoms with Gasteiger partial charge in [-0.15, -0.1) is 0 Å². The van der Waals surface area contributed by atoms with Gasteiger partial charge in [-0.1, -0.05) is 0 Å². The van der Waals surface area contributed by atoms with E-state index in [1.807, 2.05) is 0 Å². The molecule has 0 radical (unpaired) electrons. The summed E-state index contributed by atoms with van der Waals surface area (Å²) in [6, 6.07) is 0.451. The SMILES string of the molecule is Cc1nn(C(C)C)c(C)c1C1CC1CN. The molecule has 2 rings (SSSR count). The topological polar surface area (TPSA) is 43.8 Å². The second-order valence-corrected chi connectivity index (χ2v) is 4.96. The smallest absolute Gasteiger partial charge is 0.0631 e. The van der Waals surface area contributed by atoms with Gasteiger partial charge in [-0.2, -0.15) is 5.10 Å². The summed E-state index contributed by atoms with van der Waals surface area (Å²) >= 11 is 0. The fraction of sp³-hybridized carbons (Fsp3) is 0.750. The first-order chi connectivity index (χ1) is 7.06. The molecule has 15 heavy (non-hydrogen) atoms. The molecule has 0 amide bonds. The molecule has 1 aromatic rings. The molecule has 1 aromatic heterocycles. The van der Waals surface area contributed by atoms with Crippen molar-refractivity contribution in [2.45, 2.75) is 46.1 Å². The standard InChI is InChI=1S/C12H21N3/c1-7(2)15-9(4)12(8(3)14-15)11-5-10(11)6-13/h7,10-11H,5-6,13H2,1-4H3. The minimum Gasteiger partial charge on any atom is -0.330 e. The highest BCUT2D eigenvalue weighted by molar-refractivity contribution is 5.34. The van der Waals surface area contributed by atoms with Crippen LogP contribution < -0.4 is 5.73 Å². The Bertz CT molecular complexity index is 365. The summed E-state index contributed by atoms with van der Waals surface area (Å²) in [5.74, 6) is 1.38. The Morgan fingerprint density at radius 1 is 1.47 bits per heavy atom. The van der Waals surface area contributed by atoms with Gasteiger partial charge in [0.1, 0.15) is 0 Å². The third-order valence-corrected chi connectivity index (χ3v) is 3.47. The van der Waals surface area contributed by atoms with Gasteiger partial charge in [-0.25, -0.2) is 0 Å². The van der Waals surface area contributed by atoms with Crippen LogP contribution in [0.4, 0.5) is 0 Å². The molecule has 1 aliphatic rings. The lowest BCUT2D eigenvalue weighted by molar-refractivity contribution is 0.515. The van der Waals surface area contributed by atoms with Crippen LogP contribution in [0, 0.1) is 19.8 Å². The summed E-state index contributed by atoms with van der Waals surface area (Å²) in [5.41, 5.74) is 9.69. The van der Waals surface area contributed by atoms with Gasteiger partial charge in [0, 0.05) is 11.7 Å². The van der Waals surface area contributed by atoms with E-state index in [1.54, 1.807) is 0 Å². The number of aromatic nitrogens is 2. The van der Waals surface area contributed by atoms with E-state index in [0.717, 1.165) is 6.54 Å². The molecule has 0 spiro atoms. The lowest BCUT2D eigenvalue weighted by Crippen LogP contribution is -2.05. The van der Waals surface area contributed by atoms with E-state index >= 15 is 0 Å². The van der Waals surface area contributed by atoms with Crippen LogP contribution in [0.15, 0.2) is 0 Å². The molecule has 0 saturated heterocycles. The molecular weight excluding hydrogens is 186 g/mol. The van der Waals surface area contributed by atoms with Gasteiger partial charge in [0.2, 0.25) is 0 Å². The van der Waals surface area contributed by atoms with Crippen LogP contribution in [0.5, 0.6) is 0 Å². The molecule has 3 nitrogen and oxygen atoms in total. The zero-order valence-corrected chi connectivity index (χ0v) is 10.1. The van der Waals surface area contributed by atoms with E-state index in [4.69, 9.17) is 5.73 Å². The molecule has 1 fully saturated rings. The van der Waals surface area contributed by atoms with Crippen LogP contribution in [0.25, 0.3) is 0 Å². The highest BCUT2D eigenvalue weighted by Crippen LogP contribution is 2.48. The van der Waals surface area contributed by atoms with Crippen molar-refractivity contribution in [1.82, 2.24) is 9.78 Å². The van der Waals surface area contributed by atoms with Crippen LogP contribution in [-0.2, 0) is 0 Å².